The minimum Gasteiger partial charge on any atom is -0.281 e. The lowest BCUT2D eigenvalue weighted by Crippen LogP contribution is -1.87. The average molecular weight is 107 g/mol. The van der Waals surface area contributed by atoms with E-state index >= 15 is 0 Å². The molecule has 1 nitrogen and oxygen atoms in total. The summed E-state index contributed by atoms with van der Waals surface area (Å²) < 4.78 is 0. The Morgan fingerprint density at radius 3 is 2.88 bits per heavy atom. The highest BCUT2D eigenvalue weighted by atomic mass is 14.7. The Bertz CT molecular complexity index is 163. The van der Waals surface area contributed by atoms with Crippen LogP contribution in [0.2, 0.25) is 0 Å². The van der Waals surface area contributed by atoms with Gasteiger partial charge in [0.1, 0.15) is 0 Å². The second-order valence-electron chi connectivity index (χ2n) is 1.82. The van der Waals surface area contributed by atoms with Crippen molar-refractivity contribution < 1.29 is 0 Å². The number of hydrogen-bond donors (Lipinski definition) is 0. The first-order chi connectivity index (χ1) is 3.84. The maximum atomic E-state index is 4.14. The molecule has 1 heterocycles. The zero-order valence-corrected chi connectivity index (χ0v) is 5.02. The first kappa shape index (κ1) is 5.29. The Balaban J connectivity index is 2.81. The number of rotatable bonds is 1. The Hall–Kier alpha value is -0.850. The zero-order valence-electron chi connectivity index (χ0n) is 5.02. The van der Waals surface area contributed by atoms with Crippen LogP contribution in [0.4, 0.5) is 0 Å². The van der Waals surface area contributed by atoms with Crippen molar-refractivity contribution in [3.05, 3.63) is 24.3 Å². The number of allylic oxidation sites excluding steroid dienone is 2. The van der Waals surface area contributed by atoms with Crippen molar-refractivity contribution in [1.29, 1.82) is 0 Å². The van der Waals surface area contributed by atoms with Gasteiger partial charge in [-0.05, 0) is 18.6 Å². The van der Waals surface area contributed by atoms with Crippen LogP contribution in [-0.2, 0) is 0 Å². The number of nitrogens with zero attached hydrogens (tertiary/aromatic N) is 1. The van der Waals surface area contributed by atoms with Gasteiger partial charge in [0.2, 0.25) is 0 Å². The standard InChI is InChI=1S/C7H9N/c1-3-7-6(2)4-5-8-7/h3-4H,1,5H2,2H3. The molecule has 0 amide bonds. The fourth-order valence-corrected chi connectivity index (χ4v) is 0.736. The van der Waals surface area contributed by atoms with Crippen LogP contribution in [0.3, 0.4) is 0 Å². The molecule has 0 N–H and O–H groups in total. The van der Waals surface area contributed by atoms with Crippen molar-refractivity contribution in [2.45, 2.75) is 6.92 Å². The minimum atomic E-state index is 0.840. The number of hydrogen-bond acceptors (Lipinski definition) is 1. The van der Waals surface area contributed by atoms with Crippen LogP contribution < -0.4 is 0 Å². The fourth-order valence-electron chi connectivity index (χ4n) is 0.736. The summed E-state index contributed by atoms with van der Waals surface area (Å²) in [6.45, 7) is 6.51. The van der Waals surface area contributed by atoms with E-state index < -0.39 is 0 Å². The SMILES string of the molecule is C=CC1=NCC=C1C. The topological polar surface area (TPSA) is 12.4 Å². The molecule has 0 aromatic rings. The van der Waals surface area contributed by atoms with Gasteiger partial charge < -0.3 is 0 Å². The molecule has 0 aromatic heterocycles. The van der Waals surface area contributed by atoms with E-state index in [0.29, 0.717) is 0 Å². The summed E-state index contributed by atoms with van der Waals surface area (Å²) in [5.74, 6) is 0. The van der Waals surface area contributed by atoms with Crippen LogP contribution in [0, 0.1) is 0 Å². The lowest BCUT2D eigenvalue weighted by molar-refractivity contribution is 1.28. The molecule has 0 saturated heterocycles. The second kappa shape index (κ2) is 1.95. The van der Waals surface area contributed by atoms with Crippen LogP contribution in [-0.4, -0.2) is 12.3 Å². The van der Waals surface area contributed by atoms with Crippen LogP contribution in [0.15, 0.2) is 29.3 Å². The maximum absolute atomic E-state index is 4.14. The third-order valence-corrected chi connectivity index (χ3v) is 1.26. The highest BCUT2D eigenvalue weighted by molar-refractivity contribution is 6.08. The van der Waals surface area contributed by atoms with E-state index in [1.165, 1.54) is 5.57 Å². The molecule has 0 aliphatic carbocycles. The number of aliphatic imine (C=N–C) groups is 1. The normalized spacial score (nSPS) is 17.6. The molecule has 0 spiro atoms. The van der Waals surface area contributed by atoms with Crippen molar-refractivity contribution in [1.82, 2.24) is 0 Å². The molecule has 0 saturated carbocycles. The van der Waals surface area contributed by atoms with E-state index in [0.717, 1.165) is 12.3 Å². The molecule has 1 rings (SSSR count). The largest absolute Gasteiger partial charge is 0.281 e. The summed E-state index contributed by atoms with van der Waals surface area (Å²) in [5, 5.41) is 0. The average Bonchev–Trinajstić information content (AvgIpc) is 2.14. The predicted molar refractivity (Wildman–Crippen MR) is 36.3 cm³/mol. The second-order valence-corrected chi connectivity index (χ2v) is 1.82. The molecule has 1 heteroatoms. The van der Waals surface area contributed by atoms with Gasteiger partial charge in [-0.2, -0.15) is 0 Å². The third-order valence-electron chi connectivity index (χ3n) is 1.26. The molecule has 1 aliphatic rings. The van der Waals surface area contributed by atoms with E-state index in [9.17, 15) is 0 Å². The van der Waals surface area contributed by atoms with E-state index in [-0.39, 0.29) is 0 Å². The summed E-state index contributed by atoms with van der Waals surface area (Å²) in [4.78, 5) is 4.14. The van der Waals surface area contributed by atoms with Crippen LogP contribution in [0.5, 0.6) is 0 Å². The third kappa shape index (κ3) is 0.713. The van der Waals surface area contributed by atoms with Gasteiger partial charge in [0.05, 0.1) is 12.3 Å². The van der Waals surface area contributed by atoms with Gasteiger partial charge in [0.25, 0.3) is 0 Å². The Morgan fingerprint density at radius 2 is 2.62 bits per heavy atom. The monoisotopic (exact) mass is 107 g/mol. The van der Waals surface area contributed by atoms with Crippen molar-refractivity contribution >= 4 is 5.71 Å². The van der Waals surface area contributed by atoms with Gasteiger partial charge >= 0.3 is 0 Å². The van der Waals surface area contributed by atoms with Crippen molar-refractivity contribution in [2.24, 2.45) is 4.99 Å². The molecule has 0 unspecified atom stereocenters. The molecule has 8 heavy (non-hydrogen) atoms. The Labute approximate surface area is 49.4 Å². The molecule has 0 radical (unpaired) electrons. The van der Waals surface area contributed by atoms with Crippen LogP contribution in [0.1, 0.15) is 6.92 Å². The molecule has 42 valence electrons. The van der Waals surface area contributed by atoms with E-state index in [1.54, 1.807) is 6.08 Å². The summed E-state index contributed by atoms with van der Waals surface area (Å²) >= 11 is 0. The fraction of sp³-hybridized carbons (Fsp3) is 0.286. The lowest BCUT2D eigenvalue weighted by Gasteiger charge is -1.88. The maximum Gasteiger partial charge on any atom is 0.0598 e. The van der Waals surface area contributed by atoms with Crippen LogP contribution in [0.25, 0.3) is 0 Å². The molecular formula is C7H9N. The summed E-state index contributed by atoms with van der Waals surface area (Å²) in [6, 6.07) is 0. The molecule has 0 fully saturated rings. The molecule has 1 aliphatic heterocycles. The molecule has 0 atom stereocenters. The van der Waals surface area contributed by atoms with Gasteiger partial charge in [0.15, 0.2) is 0 Å². The summed E-state index contributed by atoms with van der Waals surface area (Å²) in [6.07, 6.45) is 3.88. The van der Waals surface area contributed by atoms with Crippen molar-refractivity contribution in [2.75, 3.05) is 6.54 Å². The molecular weight excluding hydrogens is 98.1 g/mol. The first-order valence-corrected chi connectivity index (χ1v) is 2.68. The lowest BCUT2D eigenvalue weighted by atomic mass is 10.2. The van der Waals surface area contributed by atoms with E-state index in [1.807, 2.05) is 6.92 Å². The van der Waals surface area contributed by atoms with E-state index in [2.05, 4.69) is 17.6 Å². The Kier molecular flexibility index (Phi) is 1.29. The van der Waals surface area contributed by atoms with Gasteiger partial charge in [-0.15, -0.1) is 0 Å². The smallest absolute Gasteiger partial charge is 0.0598 e. The predicted octanol–water partition coefficient (Wildman–Crippen LogP) is 1.57. The molecule has 0 bridgehead atoms. The highest BCUT2D eigenvalue weighted by Crippen LogP contribution is 2.04. The minimum absolute atomic E-state index is 0.840. The van der Waals surface area contributed by atoms with Gasteiger partial charge in [0, 0.05) is 0 Å². The summed E-state index contributed by atoms with van der Waals surface area (Å²) in [7, 11) is 0. The molecule has 0 aromatic carbocycles. The van der Waals surface area contributed by atoms with Crippen molar-refractivity contribution in [3.8, 4) is 0 Å². The van der Waals surface area contributed by atoms with Gasteiger partial charge in [-0.25, -0.2) is 0 Å². The first-order valence-electron chi connectivity index (χ1n) is 2.68. The van der Waals surface area contributed by atoms with Crippen LogP contribution >= 0.6 is 0 Å². The van der Waals surface area contributed by atoms with Gasteiger partial charge in [-0.3, -0.25) is 4.99 Å². The van der Waals surface area contributed by atoms with Gasteiger partial charge in [-0.1, -0.05) is 12.7 Å². The quantitative estimate of drug-likeness (QED) is 0.482. The highest BCUT2D eigenvalue weighted by Gasteiger charge is 1.99. The van der Waals surface area contributed by atoms with Crippen molar-refractivity contribution in [3.63, 3.8) is 0 Å². The Morgan fingerprint density at radius 1 is 1.88 bits per heavy atom. The summed E-state index contributed by atoms with van der Waals surface area (Å²) in [5.41, 5.74) is 2.30. The van der Waals surface area contributed by atoms with E-state index in [4.69, 9.17) is 0 Å². The zero-order chi connectivity index (χ0) is 5.98.